The van der Waals surface area contributed by atoms with Crippen molar-refractivity contribution in [2.75, 3.05) is 6.61 Å². The first-order valence-corrected chi connectivity index (χ1v) is 8.28. The topological polar surface area (TPSA) is 57.5 Å². The molecule has 1 aliphatic rings. The Morgan fingerprint density at radius 3 is 2.29 bits per heavy atom. The van der Waals surface area contributed by atoms with Crippen molar-refractivity contribution in [3.63, 3.8) is 0 Å². The number of benzene rings is 1. The summed E-state index contributed by atoms with van der Waals surface area (Å²) in [5.41, 5.74) is 3.07. The van der Waals surface area contributed by atoms with Crippen LogP contribution in [0.15, 0.2) is 66.3 Å². The van der Waals surface area contributed by atoms with Gasteiger partial charge in [-0.2, -0.15) is 0 Å². The van der Waals surface area contributed by atoms with E-state index in [0.29, 0.717) is 5.92 Å². The van der Waals surface area contributed by atoms with Crippen molar-refractivity contribution in [2.24, 2.45) is 11.8 Å². The maximum atomic E-state index is 11.5. The number of rotatable bonds is 6. The van der Waals surface area contributed by atoms with E-state index in [1.165, 1.54) is 0 Å². The van der Waals surface area contributed by atoms with Crippen LogP contribution in [0.1, 0.15) is 25.8 Å². The fraction of sp³-hybridized carbons (Fsp3) is 0.286. The number of carbonyl (C=O) groups is 1. The van der Waals surface area contributed by atoms with Gasteiger partial charge in [-0.15, -0.1) is 0 Å². The van der Waals surface area contributed by atoms with Gasteiger partial charge in [0.15, 0.2) is 5.78 Å². The zero-order valence-electron chi connectivity index (χ0n) is 14.1. The van der Waals surface area contributed by atoms with Gasteiger partial charge in [0.05, 0.1) is 6.61 Å². The highest BCUT2D eigenvalue weighted by atomic mass is 16.3. The third-order valence-corrected chi connectivity index (χ3v) is 4.38. The van der Waals surface area contributed by atoms with E-state index in [2.05, 4.69) is 13.8 Å². The molecule has 3 nitrogen and oxygen atoms in total. The number of allylic oxidation sites excluding steroid dienone is 7. The minimum atomic E-state index is -0.0187. The summed E-state index contributed by atoms with van der Waals surface area (Å²) in [5.74, 6) is 0.668. The van der Waals surface area contributed by atoms with E-state index in [4.69, 9.17) is 0 Å². The van der Waals surface area contributed by atoms with Crippen LogP contribution < -0.4 is 0 Å². The summed E-state index contributed by atoms with van der Waals surface area (Å²) in [6.07, 6.45) is 11.6. The Kier molecular flexibility index (Phi) is 6.33. The molecule has 0 heterocycles. The lowest BCUT2D eigenvalue weighted by molar-refractivity contribution is -0.110. The van der Waals surface area contributed by atoms with Crippen molar-refractivity contribution in [1.29, 1.82) is 0 Å². The molecule has 0 spiro atoms. The van der Waals surface area contributed by atoms with Gasteiger partial charge in [-0.25, -0.2) is 0 Å². The molecule has 0 aliphatic heterocycles. The maximum absolute atomic E-state index is 11.5. The number of phenols is 1. The standard InChI is InChI=1S/C21H24O3/c1-3-15(2)20(5-4-14-22)21(16-6-10-18(23)11-7-16)17-8-12-19(24)13-9-17/h4-13,15,20,22-23H,3,14H2,1-2H3/b5-4-. The molecule has 0 radical (unpaired) electrons. The second-order valence-corrected chi connectivity index (χ2v) is 6.01. The molecule has 126 valence electrons. The summed E-state index contributed by atoms with van der Waals surface area (Å²) in [7, 11) is 0. The second-order valence-electron chi connectivity index (χ2n) is 6.01. The molecule has 0 fully saturated rings. The number of hydrogen-bond acceptors (Lipinski definition) is 3. The van der Waals surface area contributed by atoms with Gasteiger partial charge in [0, 0.05) is 5.92 Å². The van der Waals surface area contributed by atoms with Crippen LogP contribution in [0.2, 0.25) is 0 Å². The number of aromatic hydroxyl groups is 1. The molecule has 1 aromatic rings. The lowest BCUT2D eigenvalue weighted by atomic mass is 9.78. The van der Waals surface area contributed by atoms with Gasteiger partial charge in [0.2, 0.25) is 0 Å². The Labute approximate surface area is 143 Å². The highest BCUT2D eigenvalue weighted by molar-refractivity contribution is 6.02. The molecule has 0 amide bonds. The van der Waals surface area contributed by atoms with Crippen LogP contribution in [0.3, 0.4) is 0 Å². The van der Waals surface area contributed by atoms with Gasteiger partial charge >= 0.3 is 0 Å². The molecule has 2 rings (SSSR count). The molecule has 1 aromatic carbocycles. The Hall–Kier alpha value is -2.39. The molecule has 2 atom stereocenters. The van der Waals surface area contributed by atoms with Crippen LogP contribution in [-0.4, -0.2) is 22.6 Å². The number of phenolic OH excluding ortho intramolecular Hbond substituents is 1. The highest BCUT2D eigenvalue weighted by Crippen LogP contribution is 2.36. The Morgan fingerprint density at radius 1 is 1.12 bits per heavy atom. The summed E-state index contributed by atoms with van der Waals surface area (Å²) >= 11 is 0. The molecule has 24 heavy (non-hydrogen) atoms. The first-order valence-electron chi connectivity index (χ1n) is 8.28. The number of hydrogen-bond donors (Lipinski definition) is 2. The van der Waals surface area contributed by atoms with E-state index in [1.54, 1.807) is 30.4 Å². The van der Waals surface area contributed by atoms with E-state index >= 15 is 0 Å². The quantitative estimate of drug-likeness (QED) is 0.776. The Bertz CT molecular complexity index is 672. The summed E-state index contributed by atoms with van der Waals surface area (Å²) in [6, 6.07) is 7.11. The van der Waals surface area contributed by atoms with Gasteiger partial charge in [-0.3, -0.25) is 4.79 Å². The average Bonchev–Trinajstić information content (AvgIpc) is 2.60. The first kappa shape index (κ1) is 18.0. The van der Waals surface area contributed by atoms with Crippen molar-refractivity contribution < 1.29 is 15.0 Å². The molecular weight excluding hydrogens is 300 g/mol. The largest absolute Gasteiger partial charge is 0.508 e. The van der Waals surface area contributed by atoms with Crippen molar-refractivity contribution in [1.82, 2.24) is 0 Å². The fourth-order valence-electron chi connectivity index (χ4n) is 2.86. The minimum absolute atomic E-state index is 0.00467. The number of aliphatic hydroxyl groups is 1. The van der Waals surface area contributed by atoms with Gasteiger partial charge in [0.1, 0.15) is 5.75 Å². The Morgan fingerprint density at radius 2 is 1.75 bits per heavy atom. The van der Waals surface area contributed by atoms with Gasteiger partial charge in [-0.1, -0.05) is 56.7 Å². The first-order chi connectivity index (χ1) is 11.6. The highest BCUT2D eigenvalue weighted by Gasteiger charge is 2.22. The number of aliphatic hydroxyl groups excluding tert-OH is 1. The average molecular weight is 324 g/mol. The molecular formula is C21H24O3. The summed E-state index contributed by atoms with van der Waals surface area (Å²) in [5, 5.41) is 18.8. The van der Waals surface area contributed by atoms with Gasteiger partial charge in [-0.05, 0) is 46.9 Å². The normalized spacial score (nSPS) is 16.6. The number of carbonyl (C=O) groups excluding carboxylic acids is 1. The van der Waals surface area contributed by atoms with Crippen LogP contribution in [0.5, 0.6) is 5.75 Å². The lowest BCUT2D eigenvalue weighted by Crippen LogP contribution is -2.13. The molecule has 2 N–H and O–H groups in total. The van der Waals surface area contributed by atoms with E-state index in [9.17, 15) is 15.0 Å². The second kappa shape index (κ2) is 8.46. The van der Waals surface area contributed by atoms with E-state index in [-0.39, 0.29) is 24.1 Å². The number of ketones is 1. The van der Waals surface area contributed by atoms with Crippen molar-refractivity contribution in [3.8, 4) is 5.75 Å². The van der Waals surface area contributed by atoms with Crippen molar-refractivity contribution in [3.05, 3.63) is 71.9 Å². The third-order valence-electron chi connectivity index (χ3n) is 4.38. The molecule has 2 unspecified atom stereocenters. The van der Waals surface area contributed by atoms with Crippen LogP contribution in [-0.2, 0) is 4.79 Å². The zero-order chi connectivity index (χ0) is 17.5. The lowest BCUT2D eigenvalue weighted by Gasteiger charge is -2.26. The Balaban J connectivity index is 2.60. The van der Waals surface area contributed by atoms with E-state index < -0.39 is 0 Å². The van der Waals surface area contributed by atoms with Gasteiger partial charge < -0.3 is 10.2 Å². The van der Waals surface area contributed by atoms with E-state index in [1.807, 2.05) is 30.4 Å². The SMILES string of the molecule is CCC(C)C(/C=C\CO)C(=C1C=CC(=O)C=C1)c1ccc(O)cc1. The molecule has 0 saturated carbocycles. The summed E-state index contributed by atoms with van der Waals surface area (Å²) in [6.45, 7) is 4.31. The van der Waals surface area contributed by atoms with Crippen molar-refractivity contribution in [2.45, 2.75) is 20.3 Å². The fourth-order valence-corrected chi connectivity index (χ4v) is 2.86. The minimum Gasteiger partial charge on any atom is -0.508 e. The monoisotopic (exact) mass is 324 g/mol. The molecule has 0 saturated heterocycles. The summed E-state index contributed by atoms with van der Waals surface area (Å²) in [4.78, 5) is 11.5. The van der Waals surface area contributed by atoms with Gasteiger partial charge in [0.25, 0.3) is 0 Å². The van der Waals surface area contributed by atoms with Crippen LogP contribution >= 0.6 is 0 Å². The van der Waals surface area contributed by atoms with E-state index in [0.717, 1.165) is 23.1 Å². The van der Waals surface area contributed by atoms with Crippen LogP contribution in [0.4, 0.5) is 0 Å². The molecule has 1 aliphatic carbocycles. The molecule has 0 aromatic heterocycles. The molecule has 0 bridgehead atoms. The predicted octanol–water partition coefficient (Wildman–Crippen LogP) is 4.05. The summed E-state index contributed by atoms with van der Waals surface area (Å²) < 4.78 is 0. The third kappa shape index (κ3) is 4.33. The smallest absolute Gasteiger partial charge is 0.178 e. The van der Waals surface area contributed by atoms with Crippen LogP contribution in [0.25, 0.3) is 5.57 Å². The zero-order valence-corrected chi connectivity index (χ0v) is 14.1. The maximum Gasteiger partial charge on any atom is 0.178 e. The van der Waals surface area contributed by atoms with Crippen molar-refractivity contribution >= 4 is 11.4 Å². The molecule has 3 heteroatoms. The predicted molar refractivity (Wildman–Crippen MR) is 97.5 cm³/mol. The van der Waals surface area contributed by atoms with Crippen LogP contribution in [0, 0.1) is 11.8 Å².